The smallest absolute Gasteiger partial charge is 0.408 e. The molecule has 9 nitrogen and oxygen atoms in total. The zero-order chi connectivity index (χ0) is 30.8. The number of amides is 3. The average molecular weight is 562 g/mol. The van der Waals surface area contributed by atoms with Gasteiger partial charge in [0.25, 0.3) is 0 Å². The Morgan fingerprint density at radius 3 is 2.08 bits per heavy atom. The number of alkyl carbamates (subject to hydrolysis) is 1. The molecule has 2 N–H and O–H groups in total. The molecule has 0 saturated heterocycles. The Hall–Kier alpha value is -3.10. The molecular weight excluding hydrogens is 510 g/mol. The third-order valence-electron chi connectivity index (χ3n) is 6.47. The molecule has 9 heteroatoms. The maximum absolute atomic E-state index is 14.4. The molecule has 0 bridgehead atoms. The van der Waals surface area contributed by atoms with Gasteiger partial charge in [0.15, 0.2) is 0 Å². The van der Waals surface area contributed by atoms with Crippen LogP contribution in [0.5, 0.6) is 0 Å². The van der Waals surface area contributed by atoms with Crippen molar-refractivity contribution in [2.24, 2.45) is 11.8 Å². The van der Waals surface area contributed by atoms with Crippen molar-refractivity contribution in [1.29, 1.82) is 0 Å². The molecule has 0 saturated carbocycles. The quantitative estimate of drug-likeness (QED) is 0.319. The van der Waals surface area contributed by atoms with Gasteiger partial charge in [-0.15, -0.1) is 0 Å². The first-order valence-electron chi connectivity index (χ1n) is 14.2. The number of carbonyl (C=O) groups excluding carboxylic acids is 4. The summed E-state index contributed by atoms with van der Waals surface area (Å²) >= 11 is 0. The molecule has 3 unspecified atom stereocenters. The number of nitrogens with one attached hydrogen (secondary N) is 2. The summed E-state index contributed by atoms with van der Waals surface area (Å²) in [6.07, 6.45) is 1.15. The first kappa shape index (κ1) is 34.9. The Morgan fingerprint density at radius 1 is 0.950 bits per heavy atom. The van der Waals surface area contributed by atoms with Crippen molar-refractivity contribution in [2.45, 2.75) is 112 Å². The van der Waals surface area contributed by atoms with Crippen LogP contribution in [0.25, 0.3) is 0 Å². The highest BCUT2D eigenvalue weighted by molar-refractivity contribution is 5.93. The lowest BCUT2D eigenvalue weighted by molar-refractivity contribution is -0.147. The number of nitrogens with zero attached hydrogens (tertiary/aromatic N) is 1. The van der Waals surface area contributed by atoms with Gasteiger partial charge >= 0.3 is 12.1 Å². The summed E-state index contributed by atoms with van der Waals surface area (Å²) in [6.45, 7) is 18.9. The van der Waals surface area contributed by atoms with Crippen LogP contribution < -0.4 is 10.6 Å². The van der Waals surface area contributed by atoms with E-state index >= 15 is 0 Å². The zero-order valence-corrected chi connectivity index (χ0v) is 26.3. The Balaban J connectivity index is 3.70. The molecule has 3 amide bonds. The van der Waals surface area contributed by atoms with Crippen molar-refractivity contribution in [1.82, 2.24) is 15.5 Å². The van der Waals surface area contributed by atoms with Crippen molar-refractivity contribution in [3.8, 4) is 0 Å². The predicted molar refractivity (Wildman–Crippen MR) is 157 cm³/mol. The van der Waals surface area contributed by atoms with Crippen LogP contribution in [-0.2, 0) is 23.9 Å². The third kappa shape index (κ3) is 11.6. The summed E-state index contributed by atoms with van der Waals surface area (Å²) in [6, 6.07) is 3.41. The molecule has 0 aliphatic carbocycles. The normalized spacial score (nSPS) is 13.8. The number of aryl methyl sites for hydroxylation is 2. The second-order valence-corrected chi connectivity index (χ2v) is 12.5. The van der Waals surface area contributed by atoms with Crippen LogP contribution in [0.3, 0.4) is 0 Å². The summed E-state index contributed by atoms with van der Waals surface area (Å²) in [5.74, 6) is -1.01. The summed E-state index contributed by atoms with van der Waals surface area (Å²) in [7, 11) is 1.25. The molecule has 3 atom stereocenters. The first-order valence-corrected chi connectivity index (χ1v) is 14.2. The number of ether oxygens (including phenoxy) is 2. The zero-order valence-electron chi connectivity index (χ0n) is 26.3. The van der Waals surface area contributed by atoms with Crippen LogP contribution in [0.4, 0.5) is 4.79 Å². The number of rotatable bonds is 13. The Bertz CT molecular complexity index is 1010. The highest BCUT2D eigenvalue weighted by Crippen LogP contribution is 2.30. The maximum Gasteiger partial charge on any atom is 0.408 e. The van der Waals surface area contributed by atoms with Crippen LogP contribution in [0.15, 0.2) is 18.2 Å². The van der Waals surface area contributed by atoms with Crippen molar-refractivity contribution >= 4 is 23.9 Å². The lowest BCUT2D eigenvalue weighted by Gasteiger charge is -2.39. The number of hydrogen-bond donors (Lipinski definition) is 2. The molecule has 1 rings (SSSR count). The predicted octanol–water partition coefficient (Wildman–Crippen LogP) is 5.23. The van der Waals surface area contributed by atoms with Crippen LogP contribution in [-0.4, -0.2) is 60.1 Å². The van der Waals surface area contributed by atoms with Gasteiger partial charge in [-0.3, -0.25) is 14.4 Å². The summed E-state index contributed by atoms with van der Waals surface area (Å²) in [5, 5.41) is 5.44. The van der Waals surface area contributed by atoms with Gasteiger partial charge in [0, 0.05) is 6.04 Å². The second-order valence-electron chi connectivity index (χ2n) is 12.5. The standard InChI is InChI=1S/C31H51N3O6/c1-19(2)12-14-23(7)34(29(37)25(16-20(3)4)33-30(38)40-31(8,9)10)27(28(36)32-18-26(35)39-11)24-15-13-21(5)17-22(24)6/h13,15,17,19-20,23,25,27H,12,14,16,18H2,1-11H3,(H,32,36)(H,33,38). The van der Waals surface area contributed by atoms with Crippen molar-refractivity contribution in [3.05, 3.63) is 34.9 Å². The van der Waals surface area contributed by atoms with Crippen molar-refractivity contribution in [3.63, 3.8) is 0 Å². The van der Waals surface area contributed by atoms with Gasteiger partial charge in [0.05, 0.1) is 7.11 Å². The van der Waals surface area contributed by atoms with E-state index in [-0.39, 0.29) is 24.4 Å². The van der Waals surface area contributed by atoms with E-state index in [0.29, 0.717) is 24.3 Å². The largest absolute Gasteiger partial charge is 0.468 e. The Morgan fingerprint density at radius 2 is 1.57 bits per heavy atom. The van der Waals surface area contributed by atoms with E-state index < -0.39 is 35.7 Å². The minimum atomic E-state index is -1.03. The van der Waals surface area contributed by atoms with Crippen LogP contribution in [0.2, 0.25) is 0 Å². The molecule has 0 fully saturated rings. The highest BCUT2D eigenvalue weighted by atomic mass is 16.6. The van der Waals surface area contributed by atoms with Gasteiger partial charge in [-0.05, 0) is 83.8 Å². The fourth-order valence-electron chi connectivity index (χ4n) is 4.51. The summed E-state index contributed by atoms with van der Waals surface area (Å²) in [4.78, 5) is 54.5. The number of carbonyl (C=O) groups is 4. The van der Waals surface area contributed by atoms with Gasteiger partial charge in [-0.25, -0.2) is 4.79 Å². The van der Waals surface area contributed by atoms with Crippen LogP contribution >= 0.6 is 0 Å². The molecular formula is C31H51N3O6. The minimum Gasteiger partial charge on any atom is -0.468 e. The van der Waals surface area contributed by atoms with E-state index in [1.165, 1.54) is 7.11 Å². The van der Waals surface area contributed by atoms with Gasteiger partial charge in [-0.1, -0.05) is 51.5 Å². The van der Waals surface area contributed by atoms with Gasteiger partial charge in [0.1, 0.15) is 24.2 Å². The average Bonchev–Trinajstić information content (AvgIpc) is 2.82. The molecule has 40 heavy (non-hydrogen) atoms. The van der Waals surface area contributed by atoms with Crippen LogP contribution in [0.1, 0.15) is 97.4 Å². The van der Waals surface area contributed by atoms with Gasteiger partial charge in [-0.2, -0.15) is 0 Å². The fraction of sp³-hybridized carbons (Fsp3) is 0.677. The molecule has 0 radical (unpaired) electrons. The van der Waals surface area contributed by atoms with E-state index in [9.17, 15) is 19.2 Å². The third-order valence-corrected chi connectivity index (χ3v) is 6.47. The van der Waals surface area contributed by atoms with Crippen molar-refractivity contribution < 1.29 is 28.7 Å². The molecule has 0 spiro atoms. The van der Waals surface area contributed by atoms with E-state index in [2.05, 4.69) is 24.5 Å². The second kappa shape index (κ2) is 15.6. The van der Waals surface area contributed by atoms with Crippen molar-refractivity contribution in [2.75, 3.05) is 13.7 Å². The maximum atomic E-state index is 14.4. The first-order chi connectivity index (χ1) is 18.5. The molecule has 226 valence electrons. The fourth-order valence-corrected chi connectivity index (χ4v) is 4.51. The Labute approximate surface area is 240 Å². The number of hydrogen-bond acceptors (Lipinski definition) is 6. The molecule has 0 aliphatic rings. The molecule has 1 aromatic carbocycles. The molecule has 1 aromatic rings. The lowest BCUT2D eigenvalue weighted by atomic mass is 9.93. The minimum absolute atomic E-state index is 0.0735. The highest BCUT2D eigenvalue weighted by Gasteiger charge is 2.39. The Kier molecular flexibility index (Phi) is 13.6. The number of benzene rings is 1. The molecule has 0 aliphatic heterocycles. The van der Waals surface area contributed by atoms with Crippen LogP contribution in [0, 0.1) is 25.7 Å². The van der Waals surface area contributed by atoms with E-state index in [1.54, 1.807) is 25.7 Å². The van der Waals surface area contributed by atoms with E-state index in [4.69, 9.17) is 9.47 Å². The number of esters is 1. The SMILES string of the molecule is COC(=O)CNC(=O)C(c1ccc(C)cc1C)N(C(=O)C(CC(C)C)NC(=O)OC(C)(C)C)C(C)CCC(C)C. The van der Waals surface area contributed by atoms with Gasteiger partial charge in [0.2, 0.25) is 11.8 Å². The summed E-state index contributed by atoms with van der Waals surface area (Å²) < 4.78 is 10.2. The van der Waals surface area contributed by atoms with E-state index in [0.717, 1.165) is 17.5 Å². The molecule has 0 heterocycles. The molecule has 0 aromatic heterocycles. The van der Waals surface area contributed by atoms with E-state index in [1.807, 2.05) is 52.8 Å². The lowest BCUT2D eigenvalue weighted by Crippen LogP contribution is -2.56. The summed E-state index contributed by atoms with van der Waals surface area (Å²) in [5.41, 5.74) is 1.77. The topological polar surface area (TPSA) is 114 Å². The number of methoxy groups -OCH3 is 1. The monoisotopic (exact) mass is 561 g/mol. The van der Waals surface area contributed by atoms with Gasteiger partial charge < -0.3 is 25.0 Å².